The minimum atomic E-state index is 0. The number of hydrogen-bond donors (Lipinski definition) is 0. The van der Waals surface area contributed by atoms with Gasteiger partial charge in [0.25, 0.3) is 0 Å². The van der Waals surface area contributed by atoms with E-state index in [1.54, 1.807) is 0 Å². The molecule has 4 aliphatic rings. The SMILES string of the molecule is CCCCCC1=CC2=NC(c3cccc(C4=NC5C=CC(CCCCC)=CC5=N4)n3)=NC2C=C1.[Cl-].[Cl-].[Fe+2]. The van der Waals surface area contributed by atoms with Gasteiger partial charge in [-0.05, 0) is 61.1 Å². The summed E-state index contributed by atoms with van der Waals surface area (Å²) in [4.78, 5) is 24.1. The third kappa shape index (κ3) is 7.48. The van der Waals surface area contributed by atoms with Crippen molar-refractivity contribution in [2.24, 2.45) is 20.0 Å². The van der Waals surface area contributed by atoms with E-state index in [0.717, 1.165) is 35.7 Å². The van der Waals surface area contributed by atoms with Crippen molar-refractivity contribution in [2.75, 3.05) is 0 Å². The molecule has 0 spiro atoms. The zero-order chi connectivity index (χ0) is 23.3. The van der Waals surface area contributed by atoms with E-state index >= 15 is 0 Å². The van der Waals surface area contributed by atoms with E-state index in [0.29, 0.717) is 11.7 Å². The van der Waals surface area contributed by atoms with E-state index in [1.165, 1.54) is 49.7 Å². The smallest absolute Gasteiger partial charge is 1.00 e. The number of aliphatic imine (C=N–C) groups is 4. The standard InChI is InChI=1S/C29H33N5.2ClH.Fe/c1-3-5-7-10-20-14-16-22-26(18-20)33-28(31-22)24-12-9-13-25(30-24)29-32-23-17-15-21(11-8-6-4-2)19-27(23)34-29;;;/h9,12-19,22-23H,3-8,10-11H2,1-2H3;2*1H;/q;;;+2/p-2. The summed E-state index contributed by atoms with van der Waals surface area (Å²) in [6, 6.07) is 5.95. The Morgan fingerprint density at radius 1 is 0.676 bits per heavy atom. The van der Waals surface area contributed by atoms with Crippen molar-refractivity contribution in [3.63, 3.8) is 0 Å². The van der Waals surface area contributed by atoms with E-state index in [4.69, 9.17) is 25.0 Å². The van der Waals surface area contributed by atoms with Crippen molar-refractivity contribution >= 4 is 23.1 Å². The molecule has 2 aliphatic carbocycles. The van der Waals surface area contributed by atoms with Gasteiger partial charge in [0.15, 0.2) is 11.7 Å². The minimum absolute atomic E-state index is 0. The first kappa shape index (κ1) is 31.1. The monoisotopic (exact) mass is 577 g/mol. The van der Waals surface area contributed by atoms with Crippen LogP contribution in [-0.4, -0.2) is 40.2 Å². The quantitative estimate of drug-likeness (QED) is 0.293. The topological polar surface area (TPSA) is 62.3 Å². The molecule has 0 amide bonds. The average molecular weight is 578 g/mol. The number of pyridine rings is 1. The van der Waals surface area contributed by atoms with Crippen LogP contribution in [0.2, 0.25) is 0 Å². The third-order valence-electron chi connectivity index (χ3n) is 6.60. The first-order valence-corrected chi connectivity index (χ1v) is 12.8. The molecule has 1 aromatic heterocycles. The van der Waals surface area contributed by atoms with E-state index in [2.05, 4.69) is 50.3 Å². The van der Waals surface area contributed by atoms with Gasteiger partial charge in [0, 0.05) is 0 Å². The van der Waals surface area contributed by atoms with Gasteiger partial charge in [-0.1, -0.05) is 69.9 Å². The summed E-state index contributed by atoms with van der Waals surface area (Å²) < 4.78 is 0. The van der Waals surface area contributed by atoms with Crippen LogP contribution in [0.25, 0.3) is 0 Å². The molecule has 0 bridgehead atoms. The number of unbranched alkanes of at least 4 members (excludes halogenated alkanes) is 4. The number of halogens is 2. The van der Waals surface area contributed by atoms with Crippen molar-refractivity contribution in [1.29, 1.82) is 0 Å². The first-order chi connectivity index (χ1) is 16.7. The molecule has 0 saturated carbocycles. The van der Waals surface area contributed by atoms with Gasteiger partial charge in [0.05, 0.1) is 11.4 Å². The Morgan fingerprint density at radius 3 is 1.57 bits per heavy atom. The molecule has 0 aromatic carbocycles. The molecule has 8 heteroatoms. The molecule has 3 heterocycles. The van der Waals surface area contributed by atoms with Crippen LogP contribution < -0.4 is 24.8 Å². The fourth-order valence-electron chi connectivity index (χ4n) is 4.65. The number of aromatic nitrogens is 1. The Bertz CT molecular complexity index is 1120. The average Bonchev–Trinajstić information content (AvgIpc) is 3.48. The predicted octanol–water partition coefficient (Wildman–Crippen LogP) is 0.380. The van der Waals surface area contributed by atoms with Crippen LogP contribution in [0.3, 0.4) is 0 Å². The number of allylic oxidation sites excluding steroid dienone is 4. The summed E-state index contributed by atoms with van der Waals surface area (Å²) >= 11 is 0. The molecule has 0 N–H and O–H groups in total. The predicted molar refractivity (Wildman–Crippen MR) is 142 cm³/mol. The molecular weight excluding hydrogens is 545 g/mol. The molecule has 5 nitrogen and oxygen atoms in total. The van der Waals surface area contributed by atoms with Crippen molar-refractivity contribution in [2.45, 2.75) is 77.3 Å². The third-order valence-corrected chi connectivity index (χ3v) is 6.60. The van der Waals surface area contributed by atoms with Gasteiger partial charge >= 0.3 is 17.1 Å². The molecule has 196 valence electrons. The van der Waals surface area contributed by atoms with Crippen LogP contribution in [0.15, 0.2) is 85.8 Å². The normalized spacial score (nSPS) is 20.6. The molecule has 2 atom stereocenters. The van der Waals surface area contributed by atoms with E-state index in [1.807, 2.05) is 18.2 Å². The van der Waals surface area contributed by atoms with E-state index in [9.17, 15) is 0 Å². The summed E-state index contributed by atoms with van der Waals surface area (Å²) in [5.41, 5.74) is 6.28. The van der Waals surface area contributed by atoms with Crippen LogP contribution >= 0.6 is 0 Å². The molecule has 2 unspecified atom stereocenters. The summed E-state index contributed by atoms with van der Waals surface area (Å²) in [6.07, 6.45) is 22.8. The van der Waals surface area contributed by atoms with Crippen molar-refractivity contribution in [1.82, 2.24) is 4.98 Å². The second kappa shape index (κ2) is 14.7. The van der Waals surface area contributed by atoms with E-state index in [-0.39, 0.29) is 54.0 Å². The Morgan fingerprint density at radius 2 is 1.14 bits per heavy atom. The Kier molecular flexibility index (Phi) is 12.4. The van der Waals surface area contributed by atoms with Gasteiger partial charge in [-0.15, -0.1) is 0 Å². The fraction of sp³-hybridized carbons (Fsp3) is 0.414. The first-order valence-electron chi connectivity index (χ1n) is 12.8. The molecule has 5 rings (SSSR count). The number of rotatable bonds is 10. The van der Waals surface area contributed by atoms with Gasteiger partial charge in [-0.2, -0.15) is 0 Å². The van der Waals surface area contributed by atoms with Gasteiger partial charge in [-0.25, -0.2) is 15.0 Å². The van der Waals surface area contributed by atoms with Gasteiger partial charge in [0.1, 0.15) is 23.5 Å². The van der Waals surface area contributed by atoms with Crippen LogP contribution in [0.4, 0.5) is 0 Å². The summed E-state index contributed by atoms with van der Waals surface area (Å²) in [7, 11) is 0. The molecule has 2 aliphatic heterocycles. The molecule has 37 heavy (non-hydrogen) atoms. The maximum Gasteiger partial charge on any atom is 2.00 e. The number of fused-ring (bicyclic) bond motifs is 2. The Hall–Kier alpha value is -2.11. The van der Waals surface area contributed by atoms with Crippen LogP contribution in [0.5, 0.6) is 0 Å². The second-order valence-electron chi connectivity index (χ2n) is 9.35. The van der Waals surface area contributed by atoms with Crippen molar-refractivity contribution in [3.8, 4) is 0 Å². The molecule has 0 saturated heterocycles. The Labute approximate surface area is 243 Å². The van der Waals surface area contributed by atoms with Gasteiger partial charge in [-0.3, -0.25) is 9.98 Å². The second-order valence-corrected chi connectivity index (χ2v) is 9.35. The van der Waals surface area contributed by atoms with Crippen LogP contribution in [0, 0.1) is 0 Å². The molecule has 1 aromatic rings. The van der Waals surface area contributed by atoms with Crippen LogP contribution in [-0.2, 0) is 17.1 Å². The summed E-state index contributed by atoms with van der Waals surface area (Å²) in [5, 5.41) is 0. The zero-order valence-corrected chi connectivity index (χ0v) is 24.0. The minimum Gasteiger partial charge on any atom is -1.00 e. The van der Waals surface area contributed by atoms with Crippen molar-refractivity contribution in [3.05, 3.63) is 77.2 Å². The zero-order valence-electron chi connectivity index (χ0n) is 21.4. The molecular formula is C29H33Cl2FeN5. The van der Waals surface area contributed by atoms with Crippen molar-refractivity contribution < 1.29 is 41.9 Å². The molecule has 0 radical (unpaired) electrons. The van der Waals surface area contributed by atoms with E-state index < -0.39 is 0 Å². The number of hydrogen-bond acceptors (Lipinski definition) is 5. The van der Waals surface area contributed by atoms with Gasteiger partial charge < -0.3 is 24.8 Å². The number of amidine groups is 2. The summed E-state index contributed by atoms with van der Waals surface area (Å²) in [5.74, 6) is 1.39. The van der Waals surface area contributed by atoms with Gasteiger partial charge in [0.2, 0.25) is 0 Å². The fourth-order valence-corrected chi connectivity index (χ4v) is 4.65. The maximum absolute atomic E-state index is 4.85. The van der Waals surface area contributed by atoms with Crippen LogP contribution in [0.1, 0.15) is 76.6 Å². The Balaban J connectivity index is 0.00000160. The largest absolute Gasteiger partial charge is 2.00 e. The molecule has 0 fully saturated rings. The maximum atomic E-state index is 4.85. The summed E-state index contributed by atoms with van der Waals surface area (Å²) in [6.45, 7) is 4.47. The number of nitrogens with zero attached hydrogens (tertiary/aromatic N) is 5.